The van der Waals surface area contributed by atoms with Crippen molar-refractivity contribution in [1.29, 1.82) is 0 Å². The number of aromatic nitrogens is 1. The summed E-state index contributed by atoms with van der Waals surface area (Å²) in [7, 11) is 0. The lowest BCUT2D eigenvalue weighted by molar-refractivity contribution is 0.155. The van der Waals surface area contributed by atoms with E-state index in [9.17, 15) is 0 Å². The minimum Gasteiger partial charge on any atom is -0.261 e. The highest BCUT2D eigenvalue weighted by atomic mass is 14.7. The smallest absolute Gasteiger partial charge is 0.0434 e. The molecule has 1 nitrogen and oxygen atoms in total. The van der Waals surface area contributed by atoms with Crippen molar-refractivity contribution in [3.63, 3.8) is 0 Å². The molecule has 1 aromatic heterocycles. The fourth-order valence-electron chi connectivity index (χ4n) is 6.10. The summed E-state index contributed by atoms with van der Waals surface area (Å²) in [6, 6.07) is 4.70. The first-order valence-corrected chi connectivity index (χ1v) is 13.2. The molecule has 0 aromatic carbocycles. The van der Waals surface area contributed by atoms with Crippen LogP contribution < -0.4 is 0 Å². The van der Waals surface area contributed by atoms with Crippen molar-refractivity contribution in [3.05, 3.63) is 29.6 Å². The van der Waals surface area contributed by atoms with Gasteiger partial charge in [0.1, 0.15) is 0 Å². The van der Waals surface area contributed by atoms with E-state index in [2.05, 4.69) is 32.2 Å². The summed E-state index contributed by atoms with van der Waals surface area (Å²) in [6.45, 7) is 4.59. The largest absolute Gasteiger partial charge is 0.261 e. The normalized spacial score (nSPS) is 27.8. The maximum Gasteiger partial charge on any atom is 0.0434 e. The van der Waals surface area contributed by atoms with Gasteiger partial charge in [0.2, 0.25) is 0 Å². The van der Waals surface area contributed by atoms with E-state index in [-0.39, 0.29) is 0 Å². The molecular weight excluding hydrogens is 350 g/mol. The molecule has 0 saturated heterocycles. The second kappa shape index (κ2) is 12.8. The van der Waals surface area contributed by atoms with Gasteiger partial charge in [-0.1, -0.05) is 77.7 Å². The number of rotatable bonds is 11. The summed E-state index contributed by atoms with van der Waals surface area (Å²) in [4.78, 5) is 4.87. The van der Waals surface area contributed by atoms with Crippen molar-refractivity contribution in [2.45, 2.75) is 129 Å². The first-order chi connectivity index (χ1) is 14.3. The van der Waals surface area contributed by atoms with Crippen LogP contribution in [0.15, 0.2) is 18.3 Å². The molecule has 0 spiro atoms. The van der Waals surface area contributed by atoms with Gasteiger partial charge in [-0.05, 0) is 80.8 Å². The number of hydrogen-bond donors (Lipinski definition) is 0. The lowest BCUT2D eigenvalue weighted by atomic mass is 9.68. The molecule has 164 valence electrons. The number of aryl methyl sites for hydroxylation is 1. The van der Waals surface area contributed by atoms with Crippen LogP contribution in [0.25, 0.3) is 0 Å². The standard InChI is InChI=1S/C28H47N/c1-3-5-7-9-10-23-12-15-25(16-13-23)26-17-19-27(20-18-26)28-21-14-24(22-29-28)11-8-6-4-2/h14,21-23,25-27H,3-13,15-20H2,1-2H3. The zero-order valence-electron chi connectivity index (χ0n) is 19.5. The molecule has 1 heteroatoms. The predicted molar refractivity (Wildman–Crippen MR) is 126 cm³/mol. The van der Waals surface area contributed by atoms with Crippen LogP contribution in [-0.4, -0.2) is 4.98 Å². The average molecular weight is 398 g/mol. The maximum absolute atomic E-state index is 4.87. The van der Waals surface area contributed by atoms with Crippen LogP contribution in [0.1, 0.15) is 134 Å². The summed E-state index contributed by atoms with van der Waals surface area (Å²) in [5.41, 5.74) is 2.81. The van der Waals surface area contributed by atoms with E-state index in [0.29, 0.717) is 0 Å². The Morgan fingerprint density at radius 2 is 1.38 bits per heavy atom. The lowest BCUT2D eigenvalue weighted by Crippen LogP contribution is -2.25. The quantitative estimate of drug-likeness (QED) is 0.340. The molecule has 2 aliphatic rings. The highest BCUT2D eigenvalue weighted by molar-refractivity contribution is 5.17. The van der Waals surface area contributed by atoms with Crippen LogP contribution in [0.2, 0.25) is 0 Å². The number of hydrogen-bond acceptors (Lipinski definition) is 1. The summed E-state index contributed by atoms with van der Waals surface area (Å²) in [5, 5.41) is 0. The van der Waals surface area contributed by atoms with Gasteiger partial charge in [0.05, 0.1) is 0 Å². The third kappa shape index (κ3) is 7.41. The third-order valence-corrected chi connectivity index (χ3v) is 8.13. The van der Waals surface area contributed by atoms with Gasteiger partial charge < -0.3 is 0 Å². The van der Waals surface area contributed by atoms with E-state index in [1.54, 1.807) is 0 Å². The Bertz CT molecular complexity index is 532. The molecule has 0 N–H and O–H groups in total. The molecule has 1 heterocycles. The van der Waals surface area contributed by atoms with Crippen molar-refractivity contribution in [2.75, 3.05) is 0 Å². The monoisotopic (exact) mass is 397 g/mol. The molecule has 3 rings (SSSR count). The molecule has 0 radical (unpaired) electrons. The molecule has 0 atom stereocenters. The maximum atomic E-state index is 4.87. The van der Waals surface area contributed by atoms with E-state index in [0.717, 1.165) is 23.7 Å². The van der Waals surface area contributed by atoms with Gasteiger partial charge in [0.25, 0.3) is 0 Å². The number of unbranched alkanes of at least 4 members (excludes halogenated alkanes) is 5. The van der Waals surface area contributed by atoms with Gasteiger partial charge in [0.15, 0.2) is 0 Å². The second-order valence-corrected chi connectivity index (χ2v) is 10.3. The molecule has 0 unspecified atom stereocenters. The van der Waals surface area contributed by atoms with Crippen molar-refractivity contribution in [2.24, 2.45) is 17.8 Å². The Morgan fingerprint density at radius 3 is 2.00 bits per heavy atom. The summed E-state index contributed by atoms with van der Waals surface area (Å²) >= 11 is 0. The predicted octanol–water partition coefficient (Wildman–Crippen LogP) is 8.86. The van der Waals surface area contributed by atoms with Crippen molar-refractivity contribution in [1.82, 2.24) is 4.98 Å². The molecule has 1 aromatic rings. The van der Waals surface area contributed by atoms with E-state index in [4.69, 9.17) is 4.98 Å². The minimum absolute atomic E-state index is 0.728. The first-order valence-electron chi connectivity index (χ1n) is 13.2. The molecule has 0 bridgehead atoms. The molecule has 2 saturated carbocycles. The zero-order valence-corrected chi connectivity index (χ0v) is 19.5. The summed E-state index contributed by atoms with van der Waals surface area (Å²) in [6.07, 6.45) is 26.4. The number of pyridine rings is 1. The van der Waals surface area contributed by atoms with Gasteiger partial charge in [-0.3, -0.25) is 4.98 Å². The van der Waals surface area contributed by atoms with Crippen LogP contribution in [0.4, 0.5) is 0 Å². The molecule has 2 aliphatic carbocycles. The Labute approximate surface area is 181 Å². The van der Waals surface area contributed by atoms with E-state index < -0.39 is 0 Å². The van der Waals surface area contributed by atoms with Gasteiger partial charge in [-0.2, -0.15) is 0 Å². The van der Waals surface area contributed by atoms with Crippen LogP contribution >= 0.6 is 0 Å². The highest BCUT2D eigenvalue weighted by Crippen LogP contribution is 2.44. The Kier molecular flexibility index (Phi) is 10.0. The zero-order chi connectivity index (χ0) is 20.3. The Hall–Kier alpha value is -0.850. The average Bonchev–Trinajstić information content (AvgIpc) is 2.78. The van der Waals surface area contributed by atoms with Crippen molar-refractivity contribution in [3.8, 4) is 0 Å². The summed E-state index contributed by atoms with van der Waals surface area (Å²) < 4.78 is 0. The van der Waals surface area contributed by atoms with Gasteiger partial charge >= 0.3 is 0 Å². The van der Waals surface area contributed by atoms with Gasteiger partial charge in [-0.25, -0.2) is 0 Å². The first kappa shape index (κ1) is 22.8. The second-order valence-electron chi connectivity index (χ2n) is 10.3. The lowest BCUT2D eigenvalue weighted by Gasteiger charge is -2.38. The fourth-order valence-corrected chi connectivity index (χ4v) is 6.10. The summed E-state index contributed by atoms with van der Waals surface area (Å²) in [5.74, 6) is 3.84. The van der Waals surface area contributed by atoms with Crippen LogP contribution in [0.5, 0.6) is 0 Å². The van der Waals surface area contributed by atoms with Crippen LogP contribution in [0.3, 0.4) is 0 Å². The minimum atomic E-state index is 0.728. The van der Waals surface area contributed by atoms with Gasteiger partial charge in [0, 0.05) is 17.8 Å². The third-order valence-electron chi connectivity index (χ3n) is 8.13. The number of nitrogens with zero attached hydrogens (tertiary/aromatic N) is 1. The Morgan fingerprint density at radius 1 is 0.724 bits per heavy atom. The van der Waals surface area contributed by atoms with Crippen molar-refractivity contribution < 1.29 is 0 Å². The highest BCUT2D eigenvalue weighted by Gasteiger charge is 2.31. The van der Waals surface area contributed by atoms with Crippen LogP contribution in [0, 0.1) is 17.8 Å². The SMILES string of the molecule is CCCCCCC1CCC(C2CCC(c3ccc(CCCCC)cn3)CC2)CC1. The molecule has 29 heavy (non-hydrogen) atoms. The molecule has 2 fully saturated rings. The molecule has 0 aliphatic heterocycles. The van der Waals surface area contributed by atoms with E-state index >= 15 is 0 Å². The Balaban J connectivity index is 1.35. The van der Waals surface area contributed by atoms with Crippen LogP contribution in [-0.2, 0) is 6.42 Å². The van der Waals surface area contributed by atoms with Crippen molar-refractivity contribution >= 4 is 0 Å². The molecular formula is C28H47N. The van der Waals surface area contributed by atoms with E-state index in [1.165, 1.54) is 120 Å². The topological polar surface area (TPSA) is 12.9 Å². The van der Waals surface area contributed by atoms with Gasteiger partial charge in [-0.15, -0.1) is 0 Å². The molecule has 0 amide bonds. The fraction of sp³-hybridized carbons (Fsp3) is 0.821. The van der Waals surface area contributed by atoms with E-state index in [1.807, 2.05) is 0 Å².